The Hall–Kier alpha value is -1.71. The van der Waals surface area contributed by atoms with Gasteiger partial charge in [0.15, 0.2) is 0 Å². The fraction of sp³-hybridized carbons (Fsp3) is 0.667. The van der Waals surface area contributed by atoms with Crippen LogP contribution in [0.25, 0.3) is 0 Å². The molecule has 0 aromatic heterocycles. The van der Waals surface area contributed by atoms with Gasteiger partial charge < -0.3 is 15.0 Å². The summed E-state index contributed by atoms with van der Waals surface area (Å²) < 4.78 is 5.48. The fourth-order valence-electron chi connectivity index (χ4n) is 3.40. The Morgan fingerprint density at radius 3 is 2.32 bits per heavy atom. The summed E-state index contributed by atoms with van der Waals surface area (Å²) in [6, 6.07) is 8.95. The molecule has 1 aliphatic rings. The molecule has 1 N–H and O–H groups in total. The molecule has 0 radical (unpaired) electrons. The van der Waals surface area contributed by atoms with Crippen LogP contribution in [0.1, 0.15) is 65.9 Å². The normalized spacial score (nSPS) is 17.5. The largest absolute Gasteiger partial charge is 0.444 e. The first-order chi connectivity index (χ1) is 11.7. The van der Waals surface area contributed by atoms with Gasteiger partial charge in [0.1, 0.15) is 5.60 Å². The van der Waals surface area contributed by atoms with Gasteiger partial charge in [0, 0.05) is 24.8 Å². The molecule has 4 nitrogen and oxygen atoms in total. The van der Waals surface area contributed by atoms with E-state index in [1.54, 1.807) is 0 Å². The van der Waals surface area contributed by atoms with E-state index >= 15 is 0 Å². The maximum Gasteiger partial charge on any atom is 0.410 e. The van der Waals surface area contributed by atoms with E-state index in [-0.39, 0.29) is 6.09 Å². The zero-order chi connectivity index (χ0) is 18.6. The van der Waals surface area contributed by atoms with Gasteiger partial charge in [0.25, 0.3) is 0 Å². The van der Waals surface area contributed by atoms with E-state index in [0.29, 0.717) is 17.9 Å². The van der Waals surface area contributed by atoms with E-state index in [4.69, 9.17) is 4.74 Å². The van der Waals surface area contributed by atoms with Gasteiger partial charge in [-0.1, -0.05) is 32.0 Å². The Morgan fingerprint density at radius 2 is 1.76 bits per heavy atom. The predicted molar refractivity (Wildman–Crippen MR) is 104 cm³/mol. The predicted octanol–water partition coefficient (Wildman–Crippen LogP) is 5.26. The number of piperidine rings is 1. The summed E-state index contributed by atoms with van der Waals surface area (Å²) in [7, 11) is 0. The Kier molecular flexibility index (Phi) is 6.36. The van der Waals surface area contributed by atoms with Crippen molar-refractivity contribution < 1.29 is 9.53 Å². The van der Waals surface area contributed by atoms with Crippen LogP contribution in [0.15, 0.2) is 24.3 Å². The third kappa shape index (κ3) is 5.65. The van der Waals surface area contributed by atoms with E-state index in [1.807, 2.05) is 25.7 Å². The first-order valence-electron chi connectivity index (χ1n) is 9.51. The Morgan fingerprint density at radius 1 is 1.16 bits per heavy atom. The number of nitrogens with one attached hydrogen (secondary N) is 1. The van der Waals surface area contributed by atoms with E-state index in [2.05, 4.69) is 50.4 Å². The van der Waals surface area contributed by atoms with Crippen molar-refractivity contribution in [1.82, 2.24) is 4.90 Å². The molecule has 1 aliphatic heterocycles. The number of ether oxygens (including phenoxy) is 1. The third-order valence-corrected chi connectivity index (χ3v) is 4.86. The van der Waals surface area contributed by atoms with Crippen molar-refractivity contribution in [3.05, 3.63) is 29.8 Å². The minimum absolute atomic E-state index is 0.184. The Labute approximate surface area is 152 Å². The summed E-state index contributed by atoms with van der Waals surface area (Å²) in [5.74, 6) is 1.07. The molecule has 1 heterocycles. The van der Waals surface area contributed by atoms with Gasteiger partial charge in [-0.3, -0.25) is 0 Å². The maximum atomic E-state index is 12.2. The molecule has 1 aromatic rings. The minimum Gasteiger partial charge on any atom is -0.444 e. The molecule has 4 heteroatoms. The quantitative estimate of drug-likeness (QED) is 0.809. The molecule has 1 aromatic carbocycles. The van der Waals surface area contributed by atoms with Crippen molar-refractivity contribution in [3.63, 3.8) is 0 Å². The smallest absolute Gasteiger partial charge is 0.410 e. The summed E-state index contributed by atoms with van der Waals surface area (Å²) in [6.45, 7) is 14.0. The highest BCUT2D eigenvalue weighted by Crippen LogP contribution is 2.28. The van der Waals surface area contributed by atoms with Crippen LogP contribution in [0.3, 0.4) is 0 Å². The van der Waals surface area contributed by atoms with Gasteiger partial charge in [-0.05, 0) is 64.0 Å². The average molecular weight is 347 g/mol. The van der Waals surface area contributed by atoms with Gasteiger partial charge in [0.05, 0.1) is 0 Å². The zero-order valence-electron chi connectivity index (χ0n) is 16.6. The number of rotatable bonds is 4. The molecule has 0 bridgehead atoms. The number of carbonyl (C=O) groups is 1. The summed E-state index contributed by atoms with van der Waals surface area (Å²) in [6.07, 6.45) is 1.84. The first kappa shape index (κ1) is 19.6. The molecule has 0 spiro atoms. The number of hydrogen-bond donors (Lipinski definition) is 1. The standard InChI is InChI=1S/C21H34N2O2/c1-15(2)18-9-7-8-10-19(18)22-16(3)17-11-13-23(14-12-17)20(24)25-21(4,5)6/h7-10,15-17,22H,11-14H2,1-6H3. The van der Waals surface area contributed by atoms with Crippen LogP contribution in [-0.2, 0) is 4.74 Å². The second-order valence-electron chi connectivity index (χ2n) is 8.48. The molecule has 140 valence electrons. The van der Waals surface area contributed by atoms with E-state index in [9.17, 15) is 4.79 Å². The molecule has 1 unspecified atom stereocenters. The lowest BCUT2D eigenvalue weighted by molar-refractivity contribution is 0.0179. The fourth-order valence-corrected chi connectivity index (χ4v) is 3.40. The van der Waals surface area contributed by atoms with Crippen molar-refractivity contribution in [2.45, 2.75) is 71.9 Å². The van der Waals surface area contributed by atoms with Crippen molar-refractivity contribution in [2.24, 2.45) is 5.92 Å². The number of nitrogens with zero attached hydrogens (tertiary/aromatic N) is 1. The van der Waals surface area contributed by atoms with Crippen LogP contribution in [0.5, 0.6) is 0 Å². The van der Waals surface area contributed by atoms with Gasteiger partial charge >= 0.3 is 6.09 Å². The second kappa shape index (κ2) is 8.11. The molecule has 1 fully saturated rings. The second-order valence-corrected chi connectivity index (χ2v) is 8.48. The number of hydrogen-bond acceptors (Lipinski definition) is 3. The van der Waals surface area contributed by atoms with Gasteiger partial charge in [-0.25, -0.2) is 4.79 Å². The molecular formula is C21H34N2O2. The molecule has 2 rings (SSSR count). The van der Waals surface area contributed by atoms with E-state index in [1.165, 1.54) is 11.3 Å². The van der Waals surface area contributed by atoms with E-state index in [0.717, 1.165) is 25.9 Å². The molecule has 25 heavy (non-hydrogen) atoms. The van der Waals surface area contributed by atoms with Crippen LogP contribution in [0.4, 0.5) is 10.5 Å². The number of amides is 1. The van der Waals surface area contributed by atoms with Crippen molar-refractivity contribution >= 4 is 11.8 Å². The summed E-state index contributed by atoms with van der Waals surface area (Å²) in [5, 5.41) is 3.71. The highest BCUT2D eigenvalue weighted by molar-refractivity contribution is 5.68. The monoisotopic (exact) mass is 346 g/mol. The highest BCUT2D eigenvalue weighted by atomic mass is 16.6. The van der Waals surface area contributed by atoms with Crippen molar-refractivity contribution in [2.75, 3.05) is 18.4 Å². The average Bonchev–Trinajstić information content (AvgIpc) is 2.53. The molecule has 1 amide bonds. The minimum atomic E-state index is -0.427. The van der Waals surface area contributed by atoms with E-state index < -0.39 is 5.60 Å². The van der Waals surface area contributed by atoms with Gasteiger partial charge in [-0.15, -0.1) is 0 Å². The molecule has 0 saturated carbocycles. The van der Waals surface area contributed by atoms with Crippen molar-refractivity contribution in [3.8, 4) is 0 Å². The first-order valence-corrected chi connectivity index (χ1v) is 9.51. The lowest BCUT2D eigenvalue weighted by Gasteiger charge is -2.36. The number of likely N-dealkylation sites (tertiary alicyclic amines) is 1. The number of anilines is 1. The van der Waals surface area contributed by atoms with Gasteiger partial charge in [0.2, 0.25) is 0 Å². The number of benzene rings is 1. The zero-order valence-corrected chi connectivity index (χ0v) is 16.6. The highest BCUT2D eigenvalue weighted by Gasteiger charge is 2.29. The lowest BCUT2D eigenvalue weighted by Crippen LogP contribution is -2.44. The molecule has 1 saturated heterocycles. The number of para-hydroxylation sites is 1. The third-order valence-electron chi connectivity index (χ3n) is 4.86. The molecule has 0 aliphatic carbocycles. The Bertz CT molecular complexity index is 570. The van der Waals surface area contributed by atoms with Crippen LogP contribution in [0.2, 0.25) is 0 Å². The van der Waals surface area contributed by atoms with Gasteiger partial charge in [-0.2, -0.15) is 0 Å². The SMILES string of the molecule is CC(C)c1ccccc1NC(C)C1CCN(C(=O)OC(C)(C)C)CC1. The van der Waals surface area contributed by atoms with Crippen LogP contribution < -0.4 is 5.32 Å². The Balaban J connectivity index is 1.89. The summed E-state index contributed by atoms with van der Waals surface area (Å²) in [4.78, 5) is 14.0. The molecular weight excluding hydrogens is 312 g/mol. The van der Waals surface area contributed by atoms with Crippen LogP contribution in [0, 0.1) is 5.92 Å². The number of carbonyl (C=O) groups excluding carboxylic acids is 1. The van der Waals surface area contributed by atoms with Crippen LogP contribution in [-0.4, -0.2) is 35.7 Å². The van der Waals surface area contributed by atoms with Crippen molar-refractivity contribution in [1.29, 1.82) is 0 Å². The van der Waals surface area contributed by atoms with Crippen LogP contribution >= 0.6 is 0 Å². The summed E-state index contributed by atoms with van der Waals surface area (Å²) >= 11 is 0. The maximum absolute atomic E-state index is 12.2. The lowest BCUT2D eigenvalue weighted by atomic mass is 9.89. The topological polar surface area (TPSA) is 41.6 Å². The molecule has 1 atom stereocenters. The summed E-state index contributed by atoms with van der Waals surface area (Å²) in [5.41, 5.74) is 2.17.